The zero-order valence-corrected chi connectivity index (χ0v) is 17.6. The molecule has 7 heteroatoms. The number of nitrogens with one attached hydrogen (secondary N) is 1. The number of aromatic amines is 1. The van der Waals surface area contributed by atoms with Crippen molar-refractivity contribution in [3.05, 3.63) is 53.0 Å². The minimum atomic E-state index is 0.0840. The molecule has 1 aromatic carbocycles. The van der Waals surface area contributed by atoms with E-state index in [4.69, 9.17) is 9.26 Å². The Morgan fingerprint density at radius 3 is 2.83 bits per heavy atom. The third-order valence-electron chi connectivity index (χ3n) is 6.62. The average Bonchev–Trinajstić information content (AvgIpc) is 3.22. The van der Waals surface area contributed by atoms with E-state index in [1.165, 1.54) is 10.9 Å². The van der Waals surface area contributed by atoms with E-state index in [0.29, 0.717) is 6.54 Å². The highest BCUT2D eigenvalue weighted by atomic mass is 16.5. The molecule has 0 unspecified atom stereocenters. The average molecular weight is 409 g/mol. The Kier molecular flexibility index (Phi) is 5.08. The fourth-order valence-electron chi connectivity index (χ4n) is 4.87. The molecule has 0 saturated carbocycles. The van der Waals surface area contributed by atoms with Crippen molar-refractivity contribution in [1.29, 1.82) is 0 Å². The fourth-order valence-corrected chi connectivity index (χ4v) is 4.87. The molecule has 4 heterocycles. The van der Waals surface area contributed by atoms with E-state index in [1.807, 2.05) is 37.1 Å². The molecule has 1 amide bonds. The quantitative estimate of drug-likeness (QED) is 0.718. The van der Waals surface area contributed by atoms with E-state index in [2.05, 4.69) is 27.2 Å². The van der Waals surface area contributed by atoms with Crippen LogP contribution >= 0.6 is 0 Å². The first-order valence-corrected chi connectivity index (χ1v) is 10.7. The van der Waals surface area contributed by atoms with E-state index in [0.717, 1.165) is 55.0 Å². The van der Waals surface area contributed by atoms with Crippen LogP contribution in [-0.2, 0) is 22.6 Å². The predicted molar refractivity (Wildman–Crippen MR) is 113 cm³/mol. The third kappa shape index (κ3) is 3.52. The lowest BCUT2D eigenvalue weighted by Crippen LogP contribution is -2.53. The lowest BCUT2D eigenvalue weighted by molar-refractivity contribution is -0.158. The van der Waals surface area contributed by atoms with Crippen molar-refractivity contribution in [2.45, 2.75) is 51.9 Å². The number of nitrogens with zero attached hydrogens (tertiary/aromatic N) is 3. The minimum Gasteiger partial charge on any atom is -0.366 e. The van der Waals surface area contributed by atoms with Crippen LogP contribution in [0.1, 0.15) is 35.4 Å². The molecular formula is C23H28N4O3. The van der Waals surface area contributed by atoms with Crippen LogP contribution in [0, 0.1) is 13.8 Å². The summed E-state index contributed by atoms with van der Waals surface area (Å²) in [5.41, 5.74) is 4.40. The summed E-state index contributed by atoms with van der Waals surface area (Å²) in [5, 5.41) is 5.27. The number of H-pyrrole nitrogens is 1. The molecule has 0 bridgehead atoms. The number of hydrogen-bond acceptors (Lipinski definition) is 5. The van der Waals surface area contributed by atoms with Crippen LogP contribution in [0.2, 0.25) is 0 Å². The fraction of sp³-hybridized carbons (Fsp3) is 0.478. The summed E-state index contributed by atoms with van der Waals surface area (Å²) in [6.07, 6.45) is 3.94. The summed E-state index contributed by atoms with van der Waals surface area (Å²) in [5.74, 6) is 0.974. The number of rotatable bonds is 4. The number of ether oxygens (including phenoxy) is 1. The molecule has 30 heavy (non-hydrogen) atoms. The van der Waals surface area contributed by atoms with Crippen molar-refractivity contribution in [3.63, 3.8) is 0 Å². The Bertz CT molecular complexity index is 1040. The first kappa shape index (κ1) is 19.3. The number of hydrogen-bond donors (Lipinski definition) is 1. The van der Waals surface area contributed by atoms with Crippen LogP contribution in [0.4, 0.5) is 0 Å². The number of benzene rings is 1. The summed E-state index contributed by atoms with van der Waals surface area (Å²) in [4.78, 5) is 20.6. The molecule has 2 aromatic heterocycles. The van der Waals surface area contributed by atoms with Crippen LogP contribution in [0.25, 0.3) is 10.9 Å². The molecule has 7 nitrogen and oxygen atoms in total. The van der Waals surface area contributed by atoms with Gasteiger partial charge < -0.3 is 19.1 Å². The Labute approximate surface area is 176 Å². The summed E-state index contributed by atoms with van der Waals surface area (Å²) in [6, 6.07) is 8.36. The van der Waals surface area contributed by atoms with Gasteiger partial charge in [-0.25, -0.2) is 0 Å². The summed E-state index contributed by atoms with van der Waals surface area (Å²) in [6.45, 7) is 7.46. The Morgan fingerprint density at radius 2 is 2.00 bits per heavy atom. The first-order chi connectivity index (χ1) is 14.6. The van der Waals surface area contributed by atoms with Crippen LogP contribution < -0.4 is 0 Å². The second-order valence-corrected chi connectivity index (χ2v) is 8.45. The van der Waals surface area contributed by atoms with Gasteiger partial charge in [0.2, 0.25) is 5.91 Å². The standard InChI is InChI=1S/C23H28N4O3/c1-15-19(16(2)30-25-15)13-26-9-7-21-22(8-10-26)29-14-23(28)27(21)12-17-11-24-20-6-4-3-5-18(17)20/h3-6,11,21-22,24H,7-10,12-14H2,1-2H3/t21-,22-/m0/s1. The van der Waals surface area contributed by atoms with Gasteiger partial charge in [0.05, 0.1) is 17.8 Å². The Hall–Kier alpha value is -2.64. The van der Waals surface area contributed by atoms with Crippen LogP contribution in [0.3, 0.4) is 0 Å². The number of aryl methyl sites for hydroxylation is 2. The number of likely N-dealkylation sites (tertiary alicyclic amines) is 1. The third-order valence-corrected chi connectivity index (χ3v) is 6.62. The molecule has 1 N–H and O–H groups in total. The maximum atomic E-state index is 12.8. The molecule has 5 rings (SSSR count). The number of aromatic nitrogens is 2. The summed E-state index contributed by atoms with van der Waals surface area (Å²) < 4.78 is 11.3. The maximum Gasteiger partial charge on any atom is 0.249 e. The normalized spacial score (nSPS) is 23.0. The van der Waals surface area contributed by atoms with Gasteiger partial charge in [-0.2, -0.15) is 0 Å². The predicted octanol–water partition coefficient (Wildman–Crippen LogP) is 3.16. The van der Waals surface area contributed by atoms with Gasteiger partial charge >= 0.3 is 0 Å². The van der Waals surface area contributed by atoms with Crippen molar-refractivity contribution in [3.8, 4) is 0 Å². The number of morpholine rings is 1. The van der Waals surface area contributed by atoms with Gasteiger partial charge in [-0.15, -0.1) is 0 Å². The van der Waals surface area contributed by atoms with Crippen molar-refractivity contribution < 1.29 is 14.1 Å². The van der Waals surface area contributed by atoms with E-state index in [9.17, 15) is 4.79 Å². The lowest BCUT2D eigenvalue weighted by Gasteiger charge is -2.40. The Balaban J connectivity index is 1.33. The number of amides is 1. The van der Waals surface area contributed by atoms with Gasteiger partial charge in [0.15, 0.2) is 0 Å². The number of carbonyl (C=O) groups is 1. The SMILES string of the molecule is Cc1noc(C)c1CN1CC[C@@H]2OCC(=O)N(Cc3c[nH]c4ccccc34)[C@H]2CC1. The van der Waals surface area contributed by atoms with Gasteiger partial charge in [-0.05, 0) is 38.3 Å². The van der Waals surface area contributed by atoms with E-state index < -0.39 is 0 Å². The van der Waals surface area contributed by atoms with Gasteiger partial charge in [0, 0.05) is 48.8 Å². The molecule has 2 aliphatic heterocycles. The van der Waals surface area contributed by atoms with E-state index >= 15 is 0 Å². The van der Waals surface area contributed by atoms with E-state index in [-0.39, 0.29) is 24.7 Å². The number of para-hydroxylation sites is 1. The second-order valence-electron chi connectivity index (χ2n) is 8.45. The smallest absolute Gasteiger partial charge is 0.249 e. The zero-order valence-electron chi connectivity index (χ0n) is 17.6. The number of carbonyl (C=O) groups excluding carboxylic acids is 1. The second kappa shape index (κ2) is 7.89. The molecule has 2 saturated heterocycles. The highest BCUT2D eigenvalue weighted by Crippen LogP contribution is 2.29. The molecule has 3 aromatic rings. The van der Waals surface area contributed by atoms with Crippen molar-refractivity contribution >= 4 is 16.8 Å². The largest absolute Gasteiger partial charge is 0.366 e. The monoisotopic (exact) mass is 408 g/mol. The van der Waals surface area contributed by atoms with Gasteiger partial charge in [-0.1, -0.05) is 23.4 Å². The van der Waals surface area contributed by atoms with Crippen molar-refractivity contribution in [2.24, 2.45) is 0 Å². The van der Waals surface area contributed by atoms with Gasteiger partial charge in [0.25, 0.3) is 0 Å². The van der Waals surface area contributed by atoms with E-state index in [1.54, 1.807) is 0 Å². The molecule has 0 aliphatic carbocycles. The zero-order chi connectivity index (χ0) is 20.7. The van der Waals surface area contributed by atoms with Crippen molar-refractivity contribution in [2.75, 3.05) is 19.7 Å². The summed E-state index contributed by atoms with van der Waals surface area (Å²) >= 11 is 0. The maximum absolute atomic E-state index is 12.8. The molecular weight excluding hydrogens is 380 g/mol. The van der Waals surface area contributed by atoms with Gasteiger partial charge in [0.1, 0.15) is 12.4 Å². The van der Waals surface area contributed by atoms with Crippen LogP contribution in [-0.4, -0.2) is 57.7 Å². The molecule has 0 spiro atoms. The van der Waals surface area contributed by atoms with Gasteiger partial charge in [-0.3, -0.25) is 9.69 Å². The van der Waals surface area contributed by atoms with Crippen molar-refractivity contribution in [1.82, 2.24) is 19.9 Å². The molecule has 158 valence electrons. The first-order valence-electron chi connectivity index (χ1n) is 10.7. The minimum absolute atomic E-state index is 0.0840. The highest BCUT2D eigenvalue weighted by Gasteiger charge is 2.38. The molecule has 2 aliphatic rings. The molecule has 0 radical (unpaired) electrons. The van der Waals surface area contributed by atoms with Crippen LogP contribution in [0.15, 0.2) is 35.0 Å². The Morgan fingerprint density at radius 1 is 1.17 bits per heavy atom. The topological polar surface area (TPSA) is 74.6 Å². The number of fused-ring (bicyclic) bond motifs is 2. The lowest BCUT2D eigenvalue weighted by atomic mass is 10.0. The van der Waals surface area contributed by atoms with Crippen LogP contribution in [0.5, 0.6) is 0 Å². The molecule has 2 fully saturated rings. The highest BCUT2D eigenvalue weighted by molar-refractivity contribution is 5.84. The molecule has 2 atom stereocenters. The summed E-state index contributed by atoms with van der Waals surface area (Å²) in [7, 11) is 0.